The number of aryl methyl sites for hydroxylation is 4. The summed E-state index contributed by atoms with van der Waals surface area (Å²) in [5.74, 6) is -4.08. The van der Waals surface area contributed by atoms with Gasteiger partial charge in [0.25, 0.3) is 5.56 Å². The second kappa shape index (κ2) is 15.7. The highest BCUT2D eigenvalue weighted by atomic mass is 19.4. The van der Waals surface area contributed by atoms with E-state index in [4.69, 9.17) is 6.42 Å². The number of nitrogens with zero attached hydrogens (tertiary/aromatic N) is 2. The number of amides is 1. The molecular weight excluding hydrogens is 676 g/mol. The van der Waals surface area contributed by atoms with E-state index in [-0.39, 0.29) is 53.0 Å². The van der Waals surface area contributed by atoms with Gasteiger partial charge in [-0.25, -0.2) is 13.2 Å². The van der Waals surface area contributed by atoms with Gasteiger partial charge in [-0.3, -0.25) is 19.4 Å². The zero-order valence-corrected chi connectivity index (χ0v) is 28.2. The van der Waals surface area contributed by atoms with Crippen LogP contribution in [0.1, 0.15) is 77.8 Å². The zero-order chi connectivity index (χ0) is 37.8. The van der Waals surface area contributed by atoms with Crippen molar-refractivity contribution in [2.45, 2.75) is 71.6 Å². The van der Waals surface area contributed by atoms with Crippen molar-refractivity contribution in [1.29, 1.82) is 0 Å². The number of aromatic nitrogens is 2. The van der Waals surface area contributed by atoms with Crippen molar-refractivity contribution in [1.82, 2.24) is 14.9 Å². The van der Waals surface area contributed by atoms with Crippen molar-refractivity contribution >= 4 is 11.9 Å². The third-order valence-corrected chi connectivity index (χ3v) is 8.38. The van der Waals surface area contributed by atoms with Gasteiger partial charge in [-0.15, -0.1) is 6.42 Å². The van der Waals surface area contributed by atoms with Crippen molar-refractivity contribution in [3.05, 3.63) is 122 Å². The van der Waals surface area contributed by atoms with E-state index in [9.17, 15) is 37.1 Å². The highest BCUT2D eigenvalue weighted by molar-refractivity contribution is 5.82. The molecule has 2 heterocycles. The van der Waals surface area contributed by atoms with Crippen molar-refractivity contribution < 1.29 is 41.0 Å². The van der Waals surface area contributed by atoms with Gasteiger partial charge in [0.15, 0.2) is 0 Å². The smallest absolute Gasteiger partial charge is 0.416 e. The van der Waals surface area contributed by atoms with Crippen LogP contribution in [-0.4, -0.2) is 26.5 Å². The maximum absolute atomic E-state index is 16.5. The molecule has 0 aliphatic carbocycles. The average molecular weight is 712 g/mol. The molecule has 7 nitrogen and oxygen atoms in total. The van der Waals surface area contributed by atoms with Crippen LogP contribution in [0.4, 0.5) is 26.3 Å². The molecule has 2 N–H and O–H groups in total. The van der Waals surface area contributed by atoms with Crippen molar-refractivity contribution in [3.8, 4) is 23.5 Å². The van der Waals surface area contributed by atoms with E-state index in [1.54, 1.807) is 32.0 Å². The molecule has 2 atom stereocenters. The maximum atomic E-state index is 16.5. The molecular formula is C38H35F6N3O4. The lowest BCUT2D eigenvalue weighted by molar-refractivity contribution is -0.139. The summed E-state index contributed by atoms with van der Waals surface area (Å²) >= 11 is 0. The molecule has 0 spiro atoms. The minimum absolute atomic E-state index is 0.0727. The zero-order valence-electron chi connectivity index (χ0n) is 28.2. The van der Waals surface area contributed by atoms with Crippen LogP contribution >= 0.6 is 0 Å². The Hall–Kier alpha value is -5.38. The summed E-state index contributed by atoms with van der Waals surface area (Å²) in [6.07, 6.45) is 1.75. The number of pyridine rings is 2. The van der Waals surface area contributed by atoms with E-state index in [0.29, 0.717) is 11.8 Å². The van der Waals surface area contributed by atoms with Crippen LogP contribution in [0.5, 0.6) is 0 Å². The Bertz CT molecular complexity index is 2030. The van der Waals surface area contributed by atoms with Crippen molar-refractivity contribution in [3.63, 3.8) is 0 Å². The molecule has 51 heavy (non-hydrogen) atoms. The van der Waals surface area contributed by atoms with Crippen LogP contribution in [0.3, 0.4) is 0 Å². The standard InChI is InChI=1S/C38H35F6N3O4/c1-6-23-16-27(33-21(4)14-25(39)15-22(33)5)36(41)34(35(23)40)29(18-32(49)50)46-37(51)30(13-20(2)3)47-19-24(10-11-26-9-7-8-12-45-26)28(17-31(47)48)38(42,43)44/h1,7-9,12,14-17,19-20,29-30H,10-11,13,18H2,2-5H3,(H,46,51)(H,49,50). The molecule has 268 valence electrons. The minimum Gasteiger partial charge on any atom is -0.481 e. The van der Waals surface area contributed by atoms with Gasteiger partial charge in [0, 0.05) is 35.3 Å². The number of benzene rings is 2. The topological polar surface area (TPSA) is 101 Å². The Balaban J connectivity index is 1.85. The van der Waals surface area contributed by atoms with Gasteiger partial charge < -0.3 is 15.0 Å². The first-order valence-corrected chi connectivity index (χ1v) is 15.9. The Labute approximate surface area is 290 Å². The summed E-state index contributed by atoms with van der Waals surface area (Å²) < 4.78 is 89.6. The van der Waals surface area contributed by atoms with Gasteiger partial charge in [0.1, 0.15) is 23.5 Å². The van der Waals surface area contributed by atoms with Crippen LogP contribution in [0.15, 0.2) is 59.7 Å². The first-order chi connectivity index (χ1) is 23.9. The molecule has 0 saturated carbocycles. The number of hydrogen-bond acceptors (Lipinski definition) is 4. The number of rotatable bonds is 12. The van der Waals surface area contributed by atoms with E-state index < -0.39 is 76.3 Å². The fourth-order valence-electron chi connectivity index (χ4n) is 6.15. The predicted octanol–water partition coefficient (Wildman–Crippen LogP) is 7.65. The number of carboxylic acids is 1. The van der Waals surface area contributed by atoms with E-state index in [1.165, 1.54) is 20.0 Å². The van der Waals surface area contributed by atoms with Crippen molar-refractivity contribution in [2.75, 3.05) is 0 Å². The average Bonchev–Trinajstić information content (AvgIpc) is 3.03. The van der Waals surface area contributed by atoms with Crippen LogP contribution in [0.25, 0.3) is 11.1 Å². The van der Waals surface area contributed by atoms with Gasteiger partial charge in [0.2, 0.25) is 5.91 Å². The van der Waals surface area contributed by atoms with Gasteiger partial charge in [-0.1, -0.05) is 25.8 Å². The molecule has 4 rings (SSSR count). The Kier molecular flexibility index (Phi) is 11.8. The molecule has 4 aromatic rings. The second-order valence-electron chi connectivity index (χ2n) is 12.7. The molecule has 0 aliphatic heterocycles. The van der Waals surface area contributed by atoms with Crippen LogP contribution < -0.4 is 10.9 Å². The Morgan fingerprint density at radius 3 is 2.24 bits per heavy atom. The summed E-state index contributed by atoms with van der Waals surface area (Å²) in [6.45, 7) is 6.34. The van der Waals surface area contributed by atoms with E-state index >= 15 is 8.78 Å². The number of halogens is 6. The summed E-state index contributed by atoms with van der Waals surface area (Å²) in [5, 5.41) is 12.1. The molecule has 0 bridgehead atoms. The minimum atomic E-state index is -4.91. The second-order valence-corrected chi connectivity index (χ2v) is 12.7. The van der Waals surface area contributed by atoms with Crippen molar-refractivity contribution in [2.24, 2.45) is 5.92 Å². The number of carbonyl (C=O) groups excluding carboxylic acids is 1. The number of carboxylic acid groups (broad SMARTS) is 1. The fraction of sp³-hybridized carbons (Fsp3) is 0.316. The molecule has 2 unspecified atom stereocenters. The highest BCUT2D eigenvalue weighted by Crippen LogP contribution is 2.38. The van der Waals surface area contributed by atoms with Crippen LogP contribution in [-0.2, 0) is 28.6 Å². The molecule has 13 heteroatoms. The molecule has 0 saturated heterocycles. The van der Waals surface area contributed by atoms with Gasteiger partial charge in [-0.2, -0.15) is 13.2 Å². The predicted molar refractivity (Wildman–Crippen MR) is 178 cm³/mol. The number of nitrogens with one attached hydrogen (secondary N) is 1. The third-order valence-electron chi connectivity index (χ3n) is 8.38. The summed E-state index contributed by atoms with van der Waals surface area (Å²) in [5.41, 5.74) is -3.11. The number of hydrogen-bond donors (Lipinski definition) is 2. The normalized spacial score (nSPS) is 12.7. The summed E-state index contributed by atoms with van der Waals surface area (Å²) in [4.78, 5) is 43.4. The molecule has 0 fully saturated rings. The number of carbonyl (C=O) groups is 2. The highest BCUT2D eigenvalue weighted by Gasteiger charge is 2.36. The van der Waals surface area contributed by atoms with Crippen LogP contribution in [0.2, 0.25) is 0 Å². The van der Waals surface area contributed by atoms with Gasteiger partial charge in [-0.05, 0) is 91.6 Å². The van der Waals surface area contributed by atoms with Gasteiger partial charge in [0.05, 0.1) is 23.6 Å². The monoisotopic (exact) mass is 711 g/mol. The first kappa shape index (κ1) is 38.4. The lowest BCUT2D eigenvalue weighted by Gasteiger charge is -2.27. The fourth-order valence-corrected chi connectivity index (χ4v) is 6.15. The van der Waals surface area contributed by atoms with E-state index in [0.717, 1.165) is 29.0 Å². The number of alkyl halides is 3. The number of terminal acetylenes is 1. The van der Waals surface area contributed by atoms with Crippen LogP contribution in [0, 0.1) is 49.6 Å². The lowest BCUT2D eigenvalue weighted by Crippen LogP contribution is -2.41. The summed E-state index contributed by atoms with van der Waals surface area (Å²) in [6, 6.07) is 5.18. The van der Waals surface area contributed by atoms with E-state index in [1.807, 2.05) is 0 Å². The molecule has 0 radical (unpaired) electrons. The quantitative estimate of drug-likeness (QED) is 0.116. The Morgan fingerprint density at radius 1 is 1.02 bits per heavy atom. The lowest BCUT2D eigenvalue weighted by atomic mass is 9.89. The van der Waals surface area contributed by atoms with E-state index in [2.05, 4.69) is 16.2 Å². The SMILES string of the molecule is C#Cc1cc(-c2c(C)cc(F)cc2C)c(F)c(C(CC(=O)O)NC(=O)C(CC(C)C)n2cc(CCc3ccccn3)c(C(F)(F)F)cc2=O)c1F. The molecule has 2 aromatic carbocycles. The molecule has 1 amide bonds. The third kappa shape index (κ3) is 8.86. The molecule has 0 aliphatic rings. The molecule has 2 aromatic heterocycles. The first-order valence-electron chi connectivity index (χ1n) is 15.9. The number of aliphatic carboxylic acids is 1. The Morgan fingerprint density at radius 2 is 1.69 bits per heavy atom. The maximum Gasteiger partial charge on any atom is 0.416 e. The largest absolute Gasteiger partial charge is 0.481 e. The van der Waals surface area contributed by atoms with Gasteiger partial charge >= 0.3 is 12.1 Å². The summed E-state index contributed by atoms with van der Waals surface area (Å²) in [7, 11) is 0.